The molecule has 0 atom stereocenters. The van der Waals surface area contributed by atoms with Gasteiger partial charge in [-0.3, -0.25) is 4.79 Å². The van der Waals surface area contributed by atoms with Crippen LogP contribution in [0.2, 0.25) is 5.02 Å². The number of urea groups is 1. The van der Waals surface area contributed by atoms with Crippen molar-refractivity contribution in [1.82, 2.24) is 5.32 Å². The van der Waals surface area contributed by atoms with Crippen molar-refractivity contribution in [3.05, 3.63) is 92.5 Å². The van der Waals surface area contributed by atoms with Crippen LogP contribution in [0.1, 0.15) is 16.7 Å². The standard InChI is InChI=1S/C25H20BrClN2O4/c1-15-4-3-5-16(10-15)14-33-23-20(26)11-17(13-22(23)32-2)12-21-24(30)29(25(31)28-21)19-8-6-18(27)7-9-19/h3-13H,14H2,1-2H3,(H,28,31)/b21-12+. The monoisotopic (exact) mass is 526 g/mol. The van der Waals surface area contributed by atoms with Gasteiger partial charge in [-0.1, -0.05) is 41.4 Å². The van der Waals surface area contributed by atoms with Crippen LogP contribution in [0.25, 0.3) is 6.08 Å². The molecule has 1 N–H and O–H groups in total. The van der Waals surface area contributed by atoms with Crippen LogP contribution in [0.4, 0.5) is 10.5 Å². The first-order valence-electron chi connectivity index (χ1n) is 10.0. The van der Waals surface area contributed by atoms with E-state index >= 15 is 0 Å². The summed E-state index contributed by atoms with van der Waals surface area (Å²) in [4.78, 5) is 26.4. The molecule has 1 saturated heterocycles. The average Bonchev–Trinajstić information content (AvgIpc) is 3.06. The molecule has 168 valence electrons. The maximum absolute atomic E-state index is 12.9. The minimum absolute atomic E-state index is 0.150. The number of methoxy groups -OCH3 is 1. The normalized spacial score (nSPS) is 14.5. The second-order valence-electron chi connectivity index (χ2n) is 7.42. The molecule has 6 nitrogen and oxygen atoms in total. The van der Waals surface area contributed by atoms with Crippen molar-refractivity contribution in [3.8, 4) is 11.5 Å². The lowest BCUT2D eigenvalue weighted by atomic mass is 10.1. The smallest absolute Gasteiger partial charge is 0.333 e. The summed E-state index contributed by atoms with van der Waals surface area (Å²) in [5.41, 5.74) is 3.43. The first-order chi connectivity index (χ1) is 15.9. The fourth-order valence-corrected chi connectivity index (χ4v) is 4.15. The number of hydrogen-bond acceptors (Lipinski definition) is 4. The molecule has 0 spiro atoms. The van der Waals surface area contributed by atoms with Crippen molar-refractivity contribution in [1.29, 1.82) is 0 Å². The van der Waals surface area contributed by atoms with E-state index < -0.39 is 11.9 Å². The summed E-state index contributed by atoms with van der Waals surface area (Å²) in [6.07, 6.45) is 1.59. The van der Waals surface area contributed by atoms with Crippen molar-refractivity contribution >= 4 is 51.2 Å². The van der Waals surface area contributed by atoms with Crippen LogP contribution < -0.4 is 19.7 Å². The molecule has 0 unspecified atom stereocenters. The molecule has 1 fully saturated rings. The fraction of sp³-hybridized carbons (Fsp3) is 0.120. The average molecular weight is 528 g/mol. The number of imide groups is 1. The number of anilines is 1. The van der Waals surface area contributed by atoms with Crippen LogP contribution in [0, 0.1) is 6.92 Å². The van der Waals surface area contributed by atoms with E-state index in [1.165, 1.54) is 0 Å². The molecule has 3 amide bonds. The predicted molar refractivity (Wildman–Crippen MR) is 132 cm³/mol. The van der Waals surface area contributed by atoms with Gasteiger partial charge in [-0.2, -0.15) is 0 Å². The molecule has 1 aliphatic rings. The van der Waals surface area contributed by atoms with E-state index in [0.29, 0.717) is 38.9 Å². The molecule has 33 heavy (non-hydrogen) atoms. The van der Waals surface area contributed by atoms with Gasteiger partial charge in [0.05, 0.1) is 17.3 Å². The Labute approximate surface area is 204 Å². The maximum atomic E-state index is 12.9. The number of carbonyl (C=O) groups excluding carboxylic acids is 2. The van der Waals surface area contributed by atoms with E-state index in [-0.39, 0.29) is 5.70 Å². The molecule has 8 heteroatoms. The Bertz CT molecular complexity index is 1260. The Morgan fingerprint density at radius 1 is 1.09 bits per heavy atom. The number of aryl methyl sites for hydroxylation is 1. The number of hydrogen-bond donors (Lipinski definition) is 1. The maximum Gasteiger partial charge on any atom is 0.333 e. The number of nitrogens with one attached hydrogen (secondary N) is 1. The fourth-order valence-electron chi connectivity index (χ4n) is 3.45. The summed E-state index contributed by atoms with van der Waals surface area (Å²) < 4.78 is 12.2. The first kappa shape index (κ1) is 22.9. The largest absolute Gasteiger partial charge is 0.493 e. The van der Waals surface area contributed by atoms with Crippen LogP contribution in [0.3, 0.4) is 0 Å². The van der Waals surface area contributed by atoms with Gasteiger partial charge in [0.2, 0.25) is 0 Å². The van der Waals surface area contributed by atoms with E-state index in [1.54, 1.807) is 49.6 Å². The highest BCUT2D eigenvalue weighted by Crippen LogP contribution is 2.38. The highest BCUT2D eigenvalue weighted by atomic mass is 79.9. The zero-order chi connectivity index (χ0) is 23.5. The van der Waals surface area contributed by atoms with E-state index in [0.717, 1.165) is 16.0 Å². The molecular formula is C25H20BrClN2O4. The molecule has 0 aromatic heterocycles. The Kier molecular flexibility index (Phi) is 6.72. The Hall–Kier alpha value is -3.29. The highest BCUT2D eigenvalue weighted by Gasteiger charge is 2.34. The van der Waals surface area contributed by atoms with Gasteiger partial charge < -0.3 is 14.8 Å². The van der Waals surface area contributed by atoms with E-state index in [9.17, 15) is 9.59 Å². The summed E-state index contributed by atoms with van der Waals surface area (Å²) >= 11 is 9.43. The van der Waals surface area contributed by atoms with E-state index in [1.807, 2.05) is 25.1 Å². The minimum atomic E-state index is -0.530. The minimum Gasteiger partial charge on any atom is -0.493 e. The van der Waals surface area contributed by atoms with Gasteiger partial charge in [-0.25, -0.2) is 9.69 Å². The van der Waals surface area contributed by atoms with Crippen LogP contribution >= 0.6 is 27.5 Å². The molecule has 3 aromatic carbocycles. The van der Waals surface area contributed by atoms with E-state index in [2.05, 4.69) is 27.3 Å². The topological polar surface area (TPSA) is 67.9 Å². The van der Waals surface area contributed by atoms with Crippen LogP contribution in [-0.2, 0) is 11.4 Å². The third kappa shape index (κ3) is 5.05. The summed E-state index contributed by atoms with van der Waals surface area (Å²) in [7, 11) is 1.54. The molecule has 4 rings (SSSR count). The lowest BCUT2D eigenvalue weighted by molar-refractivity contribution is -0.113. The third-order valence-electron chi connectivity index (χ3n) is 4.99. The number of carbonyl (C=O) groups is 2. The van der Waals surface area contributed by atoms with Gasteiger partial charge in [-0.15, -0.1) is 0 Å². The Morgan fingerprint density at radius 3 is 2.55 bits per heavy atom. The lowest BCUT2D eigenvalue weighted by Gasteiger charge is -2.14. The number of ether oxygens (including phenoxy) is 2. The zero-order valence-electron chi connectivity index (χ0n) is 17.9. The van der Waals surface area contributed by atoms with Crippen LogP contribution in [0.5, 0.6) is 11.5 Å². The number of amides is 3. The lowest BCUT2D eigenvalue weighted by Crippen LogP contribution is -2.30. The molecule has 0 aliphatic carbocycles. The number of rotatable bonds is 6. The molecule has 1 heterocycles. The van der Waals surface area contributed by atoms with Gasteiger partial charge >= 0.3 is 6.03 Å². The van der Waals surface area contributed by atoms with Gasteiger partial charge in [0.1, 0.15) is 12.3 Å². The molecule has 0 radical (unpaired) electrons. The summed E-state index contributed by atoms with van der Waals surface area (Å²) in [5, 5.41) is 3.13. The van der Waals surface area contributed by atoms with E-state index in [4.69, 9.17) is 21.1 Å². The van der Waals surface area contributed by atoms with Crippen LogP contribution in [0.15, 0.2) is 70.8 Å². The van der Waals surface area contributed by atoms with Crippen molar-refractivity contribution in [2.45, 2.75) is 13.5 Å². The van der Waals surface area contributed by atoms with Crippen molar-refractivity contribution < 1.29 is 19.1 Å². The molecule has 3 aromatic rings. The first-order valence-corrected chi connectivity index (χ1v) is 11.2. The quantitative estimate of drug-likeness (QED) is 0.311. The molecule has 0 bridgehead atoms. The van der Waals surface area contributed by atoms with Crippen molar-refractivity contribution in [3.63, 3.8) is 0 Å². The van der Waals surface area contributed by atoms with Crippen molar-refractivity contribution in [2.24, 2.45) is 0 Å². The highest BCUT2D eigenvalue weighted by molar-refractivity contribution is 9.10. The Balaban J connectivity index is 1.58. The number of nitrogens with zero attached hydrogens (tertiary/aromatic N) is 1. The number of benzene rings is 3. The summed E-state index contributed by atoms with van der Waals surface area (Å²) in [6, 6.07) is 17.5. The van der Waals surface area contributed by atoms with Crippen LogP contribution in [-0.4, -0.2) is 19.0 Å². The molecular weight excluding hydrogens is 508 g/mol. The van der Waals surface area contributed by atoms with Gasteiger partial charge in [0.25, 0.3) is 5.91 Å². The Morgan fingerprint density at radius 2 is 1.85 bits per heavy atom. The van der Waals surface area contributed by atoms with Crippen molar-refractivity contribution in [2.75, 3.05) is 12.0 Å². The van der Waals surface area contributed by atoms with Gasteiger partial charge in [0.15, 0.2) is 11.5 Å². The summed E-state index contributed by atoms with van der Waals surface area (Å²) in [6.45, 7) is 2.40. The second-order valence-corrected chi connectivity index (χ2v) is 8.71. The van der Waals surface area contributed by atoms with Gasteiger partial charge in [-0.05, 0) is 76.5 Å². The SMILES string of the molecule is COc1cc(/C=C2/NC(=O)N(c3ccc(Cl)cc3)C2=O)cc(Br)c1OCc1cccc(C)c1. The predicted octanol–water partition coefficient (Wildman–Crippen LogP) is 6.10. The second kappa shape index (κ2) is 9.68. The number of halogens is 2. The molecule has 1 aliphatic heterocycles. The summed E-state index contributed by atoms with van der Waals surface area (Å²) in [5.74, 6) is 0.582. The zero-order valence-corrected chi connectivity index (χ0v) is 20.2. The third-order valence-corrected chi connectivity index (χ3v) is 5.83. The molecule has 0 saturated carbocycles. The van der Waals surface area contributed by atoms with Gasteiger partial charge in [0, 0.05) is 5.02 Å².